The average Bonchev–Trinajstić information content (AvgIpc) is 2.43. The van der Waals surface area contributed by atoms with Gasteiger partial charge >= 0.3 is 0 Å². The molecule has 0 spiro atoms. The lowest BCUT2D eigenvalue weighted by atomic mass is 9.66. The minimum absolute atomic E-state index is 0. The summed E-state index contributed by atoms with van der Waals surface area (Å²) >= 11 is 0. The zero-order valence-electron chi connectivity index (χ0n) is 12.8. The molecule has 0 radical (unpaired) electrons. The second-order valence-corrected chi connectivity index (χ2v) is 5.80. The lowest BCUT2D eigenvalue weighted by Gasteiger charge is -2.40. The van der Waals surface area contributed by atoms with Crippen molar-refractivity contribution in [3.05, 3.63) is 30.1 Å². The summed E-state index contributed by atoms with van der Waals surface area (Å²) in [5, 5.41) is 3.18. The first-order valence-electron chi connectivity index (χ1n) is 7.68. The van der Waals surface area contributed by atoms with Gasteiger partial charge in [0, 0.05) is 31.4 Å². The SMILES string of the molecule is CCCC1(CN=C(N)NCCc2ccccn2)CCC1.I. The van der Waals surface area contributed by atoms with Crippen LogP contribution < -0.4 is 11.1 Å². The fourth-order valence-electron chi connectivity index (χ4n) is 2.87. The van der Waals surface area contributed by atoms with Gasteiger partial charge in [0.05, 0.1) is 0 Å². The Bertz CT molecular complexity index is 429. The molecule has 0 aromatic carbocycles. The Balaban J connectivity index is 0.00000220. The Morgan fingerprint density at radius 2 is 2.24 bits per heavy atom. The quantitative estimate of drug-likeness (QED) is 0.419. The molecular formula is C16H27IN4. The maximum Gasteiger partial charge on any atom is 0.188 e. The van der Waals surface area contributed by atoms with E-state index in [1.165, 1.54) is 32.1 Å². The van der Waals surface area contributed by atoms with Gasteiger partial charge in [-0.05, 0) is 36.8 Å². The second kappa shape index (κ2) is 9.23. The van der Waals surface area contributed by atoms with E-state index in [9.17, 15) is 0 Å². The summed E-state index contributed by atoms with van der Waals surface area (Å²) in [5.74, 6) is 0.573. The van der Waals surface area contributed by atoms with Crippen LogP contribution in [0.4, 0.5) is 0 Å². The average molecular weight is 402 g/mol. The maximum atomic E-state index is 5.94. The summed E-state index contributed by atoms with van der Waals surface area (Å²) in [6.07, 6.45) is 9.18. The van der Waals surface area contributed by atoms with Crippen LogP contribution in [-0.4, -0.2) is 24.0 Å². The molecule has 0 aliphatic heterocycles. The molecule has 5 heteroatoms. The Kier molecular flexibility index (Phi) is 8.00. The molecule has 0 saturated heterocycles. The van der Waals surface area contributed by atoms with Crippen LogP contribution in [-0.2, 0) is 6.42 Å². The Hall–Kier alpha value is -0.850. The predicted octanol–water partition coefficient (Wildman–Crippen LogP) is 3.12. The van der Waals surface area contributed by atoms with Gasteiger partial charge in [-0.15, -0.1) is 24.0 Å². The second-order valence-electron chi connectivity index (χ2n) is 5.80. The van der Waals surface area contributed by atoms with Crippen molar-refractivity contribution in [3.63, 3.8) is 0 Å². The van der Waals surface area contributed by atoms with Gasteiger partial charge in [-0.1, -0.05) is 25.8 Å². The first-order chi connectivity index (χ1) is 9.74. The van der Waals surface area contributed by atoms with Gasteiger partial charge in [-0.25, -0.2) is 0 Å². The van der Waals surface area contributed by atoms with Gasteiger partial charge in [0.1, 0.15) is 0 Å². The summed E-state index contributed by atoms with van der Waals surface area (Å²) in [5.41, 5.74) is 7.46. The monoisotopic (exact) mass is 402 g/mol. The largest absolute Gasteiger partial charge is 0.370 e. The zero-order chi connectivity index (χ0) is 14.3. The zero-order valence-corrected chi connectivity index (χ0v) is 15.2. The number of guanidine groups is 1. The summed E-state index contributed by atoms with van der Waals surface area (Å²) < 4.78 is 0. The van der Waals surface area contributed by atoms with Crippen LogP contribution in [0, 0.1) is 5.41 Å². The van der Waals surface area contributed by atoms with Crippen molar-refractivity contribution in [1.82, 2.24) is 10.3 Å². The van der Waals surface area contributed by atoms with E-state index in [4.69, 9.17) is 5.73 Å². The molecule has 1 heterocycles. The molecule has 1 aliphatic carbocycles. The molecule has 1 aliphatic rings. The Morgan fingerprint density at radius 3 is 2.81 bits per heavy atom. The minimum atomic E-state index is 0. The number of halogens is 1. The molecule has 1 aromatic heterocycles. The number of nitrogens with two attached hydrogens (primary N) is 1. The highest BCUT2D eigenvalue weighted by molar-refractivity contribution is 14.0. The van der Waals surface area contributed by atoms with Crippen LogP contribution in [0.2, 0.25) is 0 Å². The molecule has 0 unspecified atom stereocenters. The van der Waals surface area contributed by atoms with Gasteiger partial charge in [0.25, 0.3) is 0 Å². The molecule has 1 saturated carbocycles. The standard InChI is InChI=1S/C16H26N4.HI/c1-2-8-16(9-5-10-16)13-20-15(17)19-12-7-14-6-3-4-11-18-14;/h3-4,6,11H,2,5,7-10,12-13H2,1H3,(H3,17,19,20);1H. The highest BCUT2D eigenvalue weighted by Gasteiger charge is 2.35. The molecule has 3 N–H and O–H groups in total. The molecule has 0 amide bonds. The van der Waals surface area contributed by atoms with Crippen LogP contribution in [0.15, 0.2) is 29.4 Å². The third-order valence-corrected chi connectivity index (χ3v) is 4.19. The number of rotatable bonds is 7. The molecule has 118 valence electrons. The summed E-state index contributed by atoms with van der Waals surface area (Å²) in [4.78, 5) is 8.82. The lowest BCUT2D eigenvalue weighted by Crippen LogP contribution is -2.37. The lowest BCUT2D eigenvalue weighted by molar-refractivity contribution is 0.130. The first kappa shape index (κ1) is 18.2. The Morgan fingerprint density at radius 1 is 1.43 bits per heavy atom. The van der Waals surface area contributed by atoms with Crippen LogP contribution >= 0.6 is 24.0 Å². The summed E-state index contributed by atoms with van der Waals surface area (Å²) in [7, 11) is 0. The molecule has 1 fully saturated rings. The topological polar surface area (TPSA) is 63.3 Å². The molecule has 1 aromatic rings. The highest BCUT2D eigenvalue weighted by atomic mass is 127. The third kappa shape index (κ3) is 5.80. The number of hydrogen-bond acceptors (Lipinski definition) is 2. The molecule has 0 bridgehead atoms. The first-order valence-corrected chi connectivity index (χ1v) is 7.68. The van der Waals surface area contributed by atoms with Crippen LogP contribution in [0.1, 0.15) is 44.7 Å². The Labute approximate surface area is 145 Å². The van der Waals surface area contributed by atoms with Crippen molar-refractivity contribution >= 4 is 29.9 Å². The number of pyridine rings is 1. The predicted molar refractivity (Wildman–Crippen MR) is 99.0 cm³/mol. The van der Waals surface area contributed by atoms with E-state index in [-0.39, 0.29) is 24.0 Å². The number of aromatic nitrogens is 1. The van der Waals surface area contributed by atoms with Crippen molar-refractivity contribution in [2.45, 2.75) is 45.4 Å². The van der Waals surface area contributed by atoms with Crippen LogP contribution in [0.5, 0.6) is 0 Å². The van der Waals surface area contributed by atoms with E-state index in [0.717, 1.165) is 25.2 Å². The van der Waals surface area contributed by atoms with E-state index in [0.29, 0.717) is 11.4 Å². The normalized spacial score (nSPS) is 16.7. The van der Waals surface area contributed by atoms with Crippen molar-refractivity contribution in [3.8, 4) is 0 Å². The molecular weight excluding hydrogens is 375 g/mol. The summed E-state index contributed by atoms with van der Waals surface area (Å²) in [6.45, 7) is 3.91. The van der Waals surface area contributed by atoms with Gasteiger partial charge in [-0.3, -0.25) is 9.98 Å². The van der Waals surface area contributed by atoms with E-state index < -0.39 is 0 Å². The van der Waals surface area contributed by atoms with E-state index in [2.05, 4.69) is 22.2 Å². The maximum absolute atomic E-state index is 5.94. The molecule has 2 rings (SSSR count). The number of nitrogens with zero attached hydrogens (tertiary/aromatic N) is 2. The van der Waals surface area contributed by atoms with Gasteiger partial charge in [0.15, 0.2) is 5.96 Å². The van der Waals surface area contributed by atoms with E-state index in [1.54, 1.807) is 0 Å². The fraction of sp³-hybridized carbons (Fsp3) is 0.625. The number of aliphatic imine (C=N–C) groups is 1. The molecule has 0 atom stereocenters. The van der Waals surface area contributed by atoms with E-state index in [1.807, 2.05) is 24.4 Å². The van der Waals surface area contributed by atoms with Gasteiger partial charge < -0.3 is 11.1 Å². The van der Waals surface area contributed by atoms with Gasteiger partial charge in [0.2, 0.25) is 0 Å². The number of hydrogen-bond donors (Lipinski definition) is 2. The fourth-order valence-corrected chi connectivity index (χ4v) is 2.87. The van der Waals surface area contributed by atoms with Crippen LogP contribution in [0.25, 0.3) is 0 Å². The third-order valence-electron chi connectivity index (χ3n) is 4.19. The van der Waals surface area contributed by atoms with Crippen molar-refractivity contribution in [2.75, 3.05) is 13.1 Å². The van der Waals surface area contributed by atoms with Crippen molar-refractivity contribution in [1.29, 1.82) is 0 Å². The van der Waals surface area contributed by atoms with Gasteiger partial charge in [-0.2, -0.15) is 0 Å². The van der Waals surface area contributed by atoms with Crippen molar-refractivity contribution in [2.24, 2.45) is 16.1 Å². The van der Waals surface area contributed by atoms with Crippen molar-refractivity contribution < 1.29 is 0 Å². The van der Waals surface area contributed by atoms with Crippen LogP contribution in [0.3, 0.4) is 0 Å². The minimum Gasteiger partial charge on any atom is -0.370 e. The summed E-state index contributed by atoms with van der Waals surface area (Å²) in [6, 6.07) is 5.96. The molecule has 21 heavy (non-hydrogen) atoms. The highest BCUT2D eigenvalue weighted by Crippen LogP contribution is 2.44. The molecule has 4 nitrogen and oxygen atoms in total. The number of nitrogens with one attached hydrogen (secondary N) is 1. The van der Waals surface area contributed by atoms with E-state index >= 15 is 0 Å². The smallest absolute Gasteiger partial charge is 0.188 e.